The molecule has 4 aliphatic rings. The number of aromatic nitrogens is 2. The lowest BCUT2D eigenvalue weighted by Crippen LogP contribution is -2.46. The highest BCUT2D eigenvalue weighted by Crippen LogP contribution is 2.40. The van der Waals surface area contributed by atoms with Gasteiger partial charge >= 0.3 is 6.18 Å². The minimum absolute atomic E-state index is 0.0671. The molecule has 4 aliphatic heterocycles. The topological polar surface area (TPSA) is 85.1 Å². The molecule has 48 heavy (non-hydrogen) atoms. The first kappa shape index (κ1) is 36.1. The Hall–Kier alpha value is -1.75. The number of benzene rings is 1. The van der Waals surface area contributed by atoms with Crippen molar-refractivity contribution in [2.24, 2.45) is 0 Å². The van der Waals surface area contributed by atoms with Crippen molar-refractivity contribution in [3.63, 3.8) is 0 Å². The molecule has 0 amide bonds. The maximum absolute atomic E-state index is 14.1. The summed E-state index contributed by atoms with van der Waals surface area (Å²) in [5.41, 5.74) is 1.66. The van der Waals surface area contributed by atoms with E-state index in [4.69, 9.17) is 5.10 Å². The fourth-order valence-corrected chi connectivity index (χ4v) is 9.60. The van der Waals surface area contributed by atoms with Gasteiger partial charge in [0.15, 0.2) is 0 Å². The van der Waals surface area contributed by atoms with Gasteiger partial charge in [-0.25, -0.2) is 12.8 Å². The Morgan fingerprint density at radius 2 is 1.67 bits per heavy atom. The van der Waals surface area contributed by atoms with Gasteiger partial charge in [-0.1, -0.05) is 6.07 Å². The maximum atomic E-state index is 14.1. The molecule has 1 aromatic carbocycles. The first-order chi connectivity index (χ1) is 22.8. The number of nitrogens with zero attached hydrogens (tertiary/aromatic N) is 6. The molecule has 6 rings (SSSR count). The van der Waals surface area contributed by atoms with E-state index in [0.29, 0.717) is 74.1 Å². The van der Waals surface area contributed by atoms with E-state index in [-0.39, 0.29) is 24.5 Å². The lowest BCUT2D eigenvalue weighted by atomic mass is 10.0. The molecule has 15 heteroatoms. The zero-order valence-corrected chi connectivity index (χ0v) is 29.3. The largest absolute Gasteiger partial charge is 0.417 e. The van der Waals surface area contributed by atoms with Crippen LogP contribution in [0.25, 0.3) is 11.3 Å². The predicted molar refractivity (Wildman–Crippen MR) is 179 cm³/mol. The van der Waals surface area contributed by atoms with Gasteiger partial charge in [-0.2, -0.15) is 22.6 Å². The molecule has 0 radical (unpaired) electrons. The van der Waals surface area contributed by atoms with Gasteiger partial charge < -0.3 is 19.8 Å². The van der Waals surface area contributed by atoms with Gasteiger partial charge in [-0.15, -0.1) is 11.8 Å². The van der Waals surface area contributed by atoms with Crippen molar-refractivity contribution in [1.82, 2.24) is 28.8 Å². The van der Waals surface area contributed by atoms with Crippen LogP contribution in [0.15, 0.2) is 23.1 Å². The summed E-state index contributed by atoms with van der Waals surface area (Å²) < 4.78 is 84.1. The summed E-state index contributed by atoms with van der Waals surface area (Å²) in [6.07, 6.45) is 1.06. The molecule has 2 aromatic rings. The summed E-state index contributed by atoms with van der Waals surface area (Å²) in [4.78, 5) is 7.04. The van der Waals surface area contributed by atoms with E-state index in [0.717, 1.165) is 55.7 Å². The molecule has 0 spiro atoms. The quantitative estimate of drug-likeness (QED) is 0.272. The Labute approximate surface area is 285 Å². The molecule has 0 aliphatic carbocycles. The van der Waals surface area contributed by atoms with Crippen LogP contribution in [-0.4, -0.2) is 132 Å². The summed E-state index contributed by atoms with van der Waals surface area (Å²) in [7, 11) is -3.52. The summed E-state index contributed by atoms with van der Waals surface area (Å²) in [5, 5.41) is 16.1. The van der Waals surface area contributed by atoms with E-state index >= 15 is 0 Å². The van der Waals surface area contributed by atoms with E-state index in [2.05, 4.69) is 14.7 Å². The molecular weight excluding hydrogens is 669 g/mol. The molecule has 3 fully saturated rings. The van der Waals surface area contributed by atoms with Crippen molar-refractivity contribution in [3.05, 3.63) is 35.0 Å². The minimum atomic E-state index is -4.55. The maximum Gasteiger partial charge on any atom is 0.417 e. The number of likely N-dealkylation sites (tertiary alicyclic amines) is 3. The van der Waals surface area contributed by atoms with Crippen LogP contribution >= 0.6 is 11.8 Å². The third kappa shape index (κ3) is 8.75. The molecule has 1 unspecified atom stereocenters. The van der Waals surface area contributed by atoms with Crippen LogP contribution in [0.1, 0.15) is 55.3 Å². The number of sulfonamides is 1. The number of alkyl halides is 4. The van der Waals surface area contributed by atoms with Gasteiger partial charge in [0, 0.05) is 79.2 Å². The highest BCUT2D eigenvalue weighted by Gasteiger charge is 2.35. The van der Waals surface area contributed by atoms with Gasteiger partial charge in [0.2, 0.25) is 10.0 Å². The lowest BCUT2D eigenvalue weighted by molar-refractivity contribution is -0.139. The van der Waals surface area contributed by atoms with E-state index in [1.54, 1.807) is 4.68 Å². The van der Waals surface area contributed by atoms with Crippen molar-refractivity contribution in [1.29, 1.82) is 0 Å². The average molecular weight is 717 g/mol. The standard InChI is InChI=1S/C33H48F4N6O3S2/c1-48(45,46)42-17-10-30-28(23-42)32(38-43(30)22-27(44)21-40-15-8-26(9-16-40)41-11-2-3-12-41)24-4-5-29(33(35,36)37)31(20-24)47-19-18-39-13-6-25(34)7-14-39/h4-5,20,25-27,44H,2-3,6-19,21-23H2,1H3. The van der Waals surface area contributed by atoms with Crippen LogP contribution < -0.4 is 0 Å². The van der Waals surface area contributed by atoms with Crippen molar-refractivity contribution >= 4 is 21.8 Å². The minimum Gasteiger partial charge on any atom is -0.390 e. The molecule has 1 atom stereocenters. The number of aliphatic hydroxyl groups excluding tert-OH is 1. The number of hydrogen-bond acceptors (Lipinski definition) is 8. The monoisotopic (exact) mass is 716 g/mol. The number of piperidine rings is 2. The van der Waals surface area contributed by atoms with Gasteiger partial charge in [-0.05, 0) is 76.8 Å². The Balaban J connectivity index is 1.20. The number of halogens is 4. The molecular formula is C33H48F4N6O3S2. The summed E-state index contributed by atoms with van der Waals surface area (Å²) >= 11 is 1.12. The molecule has 1 N–H and O–H groups in total. The zero-order valence-electron chi connectivity index (χ0n) is 27.7. The van der Waals surface area contributed by atoms with Gasteiger partial charge in [-0.3, -0.25) is 4.68 Å². The van der Waals surface area contributed by atoms with Crippen LogP contribution in [-0.2, 0) is 35.7 Å². The molecule has 5 heterocycles. The van der Waals surface area contributed by atoms with E-state index < -0.39 is 34.0 Å². The average Bonchev–Trinajstić information content (AvgIpc) is 3.70. The smallest absolute Gasteiger partial charge is 0.390 e. The fourth-order valence-electron chi connectivity index (χ4n) is 7.69. The molecule has 1 aromatic heterocycles. The highest BCUT2D eigenvalue weighted by atomic mass is 32.2. The van der Waals surface area contributed by atoms with E-state index in [9.17, 15) is 31.1 Å². The first-order valence-electron chi connectivity index (χ1n) is 17.2. The summed E-state index contributed by atoms with van der Waals surface area (Å²) in [6, 6.07) is 4.61. The van der Waals surface area contributed by atoms with Crippen LogP contribution in [0.4, 0.5) is 17.6 Å². The summed E-state index contributed by atoms with van der Waals surface area (Å²) in [6.45, 7) is 6.99. The molecule has 0 saturated carbocycles. The zero-order chi connectivity index (χ0) is 34.1. The second-order valence-electron chi connectivity index (χ2n) is 13.8. The lowest BCUT2D eigenvalue weighted by Gasteiger charge is -2.37. The Morgan fingerprint density at radius 1 is 0.979 bits per heavy atom. The molecule has 0 bridgehead atoms. The Bertz CT molecular complexity index is 1500. The predicted octanol–water partition coefficient (Wildman–Crippen LogP) is 4.33. The van der Waals surface area contributed by atoms with Crippen molar-refractivity contribution in [2.45, 2.75) is 87.4 Å². The van der Waals surface area contributed by atoms with Crippen LogP contribution in [0.2, 0.25) is 0 Å². The Kier molecular flexibility index (Phi) is 11.4. The normalized spacial score (nSPS) is 22.4. The van der Waals surface area contributed by atoms with Crippen molar-refractivity contribution in [2.75, 3.05) is 70.9 Å². The first-order valence-corrected chi connectivity index (χ1v) is 20.1. The van der Waals surface area contributed by atoms with E-state index in [1.807, 2.05) is 0 Å². The van der Waals surface area contributed by atoms with Crippen molar-refractivity contribution < 1.29 is 31.1 Å². The van der Waals surface area contributed by atoms with Gasteiger partial charge in [0.25, 0.3) is 0 Å². The van der Waals surface area contributed by atoms with E-state index in [1.165, 1.54) is 42.4 Å². The van der Waals surface area contributed by atoms with Crippen LogP contribution in [0, 0.1) is 0 Å². The number of aliphatic hydroxyl groups is 1. The number of β-amino-alcohol motifs (C(OH)–C–C–N with tert-alkyl or cyclic N) is 1. The molecule has 9 nitrogen and oxygen atoms in total. The number of rotatable bonds is 11. The van der Waals surface area contributed by atoms with Crippen LogP contribution in [0.5, 0.6) is 0 Å². The molecule has 3 saturated heterocycles. The SMILES string of the molecule is CS(=O)(=O)N1CCc2c(c(-c3ccc(C(F)(F)F)c(SCCN4CCC(F)CC4)c3)nn2CC(O)CN2CCC(N3CCCC3)CC2)C1. The number of thioether (sulfide) groups is 1. The van der Waals surface area contributed by atoms with Crippen LogP contribution in [0.3, 0.4) is 0 Å². The second kappa shape index (κ2) is 15.2. The van der Waals surface area contributed by atoms with Gasteiger partial charge in [0.1, 0.15) is 6.17 Å². The fraction of sp³-hybridized carbons (Fsp3) is 0.727. The highest BCUT2D eigenvalue weighted by molar-refractivity contribution is 7.99. The van der Waals surface area contributed by atoms with Gasteiger partial charge in [0.05, 0.1) is 30.2 Å². The number of hydrogen-bond donors (Lipinski definition) is 1. The summed E-state index contributed by atoms with van der Waals surface area (Å²) in [5.74, 6) is 0.416. The molecule has 268 valence electrons. The van der Waals surface area contributed by atoms with Crippen molar-refractivity contribution in [3.8, 4) is 11.3 Å². The Morgan fingerprint density at radius 3 is 2.33 bits per heavy atom. The number of fused-ring (bicyclic) bond motifs is 1. The third-order valence-corrected chi connectivity index (χ3v) is 12.7. The third-order valence-electron chi connectivity index (χ3n) is 10.4. The second-order valence-corrected chi connectivity index (χ2v) is 16.9.